The molecule has 28 heavy (non-hydrogen) atoms. The van der Waals surface area contributed by atoms with E-state index < -0.39 is 9.85 Å². The minimum Gasteiger partial charge on any atom is -0.497 e. The number of aromatic nitrogens is 2. The normalized spacial score (nSPS) is 10.9. The number of fused-ring (bicyclic) bond motifs is 3. The van der Waals surface area contributed by atoms with Crippen molar-refractivity contribution in [3.8, 4) is 11.4 Å². The first-order valence-electron chi connectivity index (χ1n) is 8.21. The van der Waals surface area contributed by atoms with Gasteiger partial charge in [-0.25, -0.2) is 0 Å². The monoisotopic (exact) mass is 377 g/mol. The quantitative estimate of drug-likeness (QED) is 0.233. The summed E-state index contributed by atoms with van der Waals surface area (Å²) in [5, 5.41) is 28.3. The van der Waals surface area contributed by atoms with Gasteiger partial charge in [0.1, 0.15) is 11.3 Å². The second-order valence-electron chi connectivity index (χ2n) is 6.03. The fourth-order valence-corrected chi connectivity index (χ4v) is 3.08. The van der Waals surface area contributed by atoms with E-state index in [9.17, 15) is 20.2 Å². The number of hydrogen-bond donors (Lipinski definition) is 0. The number of nitro benzene ring substituents is 2. The highest BCUT2D eigenvalue weighted by molar-refractivity contribution is 6.03. The molecule has 138 valence electrons. The van der Waals surface area contributed by atoms with Crippen LogP contribution in [-0.2, 0) is 0 Å². The average Bonchev–Trinajstić information content (AvgIpc) is 2.72. The molecule has 0 aliphatic carbocycles. The summed E-state index contributed by atoms with van der Waals surface area (Å²) >= 11 is 0. The SMILES string of the molecule is COc1cccc(-[n+]2nc3cc([N+](=O)[O-])ccc3c3ccc([N+](=O)[O-])cc32)c1. The maximum atomic E-state index is 11.3. The molecular weight excluding hydrogens is 364 g/mol. The first-order chi connectivity index (χ1) is 13.5. The molecule has 0 aliphatic heterocycles. The summed E-state index contributed by atoms with van der Waals surface area (Å²) in [6, 6.07) is 15.9. The predicted molar refractivity (Wildman–Crippen MR) is 101 cm³/mol. The Hall–Kier alpha value is -4.14. The van der Waals surface area contributed by atoms with E-state index in [0.29, 0.717) is 33.2 Å². The van der Waals surface area contributed by atoms with Crippen molar-refractivity contribution in [2.45, 2.75) is 0 Å². The molecule has 0 N–H and O–H groups in total. The number of rotatable bonds is 4. The lowest BCUT2D eigenvalue weighted by molar-refractivity contribution is -0.630. The molecule has 0 aliphatic rings. The van der Waals surface area contributed by atoms with Crippen LogP contribution in [0.15, 0.2) is 60.7 Å². The Kier molecular flexibility index (Phi) is 4.04. The third kappa shape index (κ3) is 2.84. The molecule has 0 spiro atoms. The van der Waals surface area contributed by atoms with Crippen LogP contribution in [0.1, 0.15) is 0 Å². The molecule has 4 aromatic rings. The van der Waals surface area contributed by atoms with Crippen LogP contribution in [0.25, 0.3) is 27.5 Å². The predicted octanol–water partition coefficient (Wildman–Crippen LogP) is 3.49. The summed E-state index contributed by atoms with van der Waals surface area (Å²) in [4.78, 5) is 21.4. The Morgan fingerprint density at radius 3 is 2.25 bits per heavy atom. The van der Waals surface area contributed by atoms with Crippen LogP contribution < -0.4 is 9.42 Å². The highest BCUT2D eigenvalue weighted by Crippen LogP contribution is 2.28. The van der Waals surface area contributed by atoms with Crippen LogP contribution >= 0.6 is 0 Å². The lowest BCUT2D eigenvalue weighted by Gasteiger charge is -2.04. The van der Waals surface area contributed by atoms with Crippen molar-refractivity contribution in [1.29, 1.82) is 0 Å². The van der Waals surface area contributed by atoms with Gasteiger partial charge in [-0.3, -0.25) is 20.2 Å². The van der Waals surface area contributed by atoms with Crippen LogP contribution in [0.5, 0.6) is 5.75 Å². The van der Waals surface area contributed by atoms with E-state index in [-0.39, 0.29) is 11.4 Å². The van der Waals surface area contributed by atoms with Gasteiger partial charge < -0.3 is 4.74 Å². The fraction of sp³-hybridized carbons (Fsp3) is 0.0526. The summed E-state index contributed by atoms with van der Waals surface area (Å²) in [5.74, 6) is 0.588. The molecule has 0 unspecified atom stereocenters. The molecule has 9 nitrogen and oxygen atoms in total. The first kappa shape index (κ1) is 17.3. The molecule has 0 radical (unpaired) electrons. The first-order valence-corrected chi connectivity index (χ1v) is 8.21. The van der Waals surface area contributed by atoms with Crippen LogP contribution in [-0.4, -0.2) is 22.1 Å². The van der Waals surface area contributed by atoms with Crippen molar-refractivity contribution >= 4 is 33.2 Å². The summed E-state index contributed by atoms with van der Waals surface area (Å²) in [7, 11) is 1.53. The van der Waals surface area contributed by atoms with E-state index in [4.69, 9.17) is 4.74 Å². The van der Waals surface area contributed by atoms with E-state index in [0.717, 1.165) is 0 Å². The van der Waals surface area contributed by atoms with Gasteiger partial charge in [0.2, 0.25) is 5.69 Å². The van der Waals surface area contributed by atoms with E-state index in [1.807, 2.05) is 0 Å². The Bertz CT molecular complexity index is 1270. The number of benzene rings is 3. The van der Waals surface area contributed by atoms with Gasteiger partial charge in [0, 0.05) is 34.8 Å². The van der Waals surface area contributed by atoms with Crippen molar-refractivity contribution in [3.63, 3.8) is 0 Å². The number of nitro groups is 2. The maximum absolute atomic E-state index is 11.3. The van der Waals surface area contributed by atoms with Gasteiger partial charge in [-0.1, -0.05) is 6.07 Å². The standard InChI is InChI=1S/C19H13N4O5/c1-28-15-4-2-3-12(9-15)21-19-11-14(23(26)27)6-8-17(19)16-7-5-13(22(24)25)10-18(16)20-21/h2-11H,1H3/q+1. The third-order valence-corrected chi connectivity index (χ3v) is 4.41. The lowest BCUT2D eigenvalue weighted by Crippen LogP contribution is -2.36. The highest BCUT2D eigenvalue weighted by atomic mass is 16.6. The van der Waals surface area contributed by atoms with Crippen LogP contribution in [0, 0.1) is 20.2 Å². The second kappa shape index (κ2) is 6.54. The van der Waals surface area contributed by atoms with Crippen molar-refractivity contribution in [3.05, 3.63) is 80.9 Å². The summed E-state index contributed by atoms with van der Waals surface area (Å²) in [6.45, 7) is 0. The van der Waals surface area contributed by atoms with E-state index in [1.165, 1.54) is 36.1 Å². The Balaban J connectivity index is 2.12. The van der Waals surface area contributed by atoms with E-state index in [1.54, 1.807) is 36.4 Å². The molecule has 0 saturated carbocycles. The molecular formula is C19H13N4O5+. The molecule has 1 aromatic heterocycles. The summed E-state index contributed by atoms with van der Waals surface area (Å²) < 4.78 is 6.77. The Morgan fingerprint density at radius 2 is 1.57 bits per heavy atom. The smallest absolute Gasteiger partial charge is 0.276 e. The molecule has 3 aromatic carbocycles. The van der Waals surface area contributed by atoms with E-state index >= 15 is 0 Å². The number of ether oxygens (including phenoxy) is 1. The van der Waals surface area contributed by atoms with Crippen molar-refractivity contribution in [2.24, 2.45) is 0 Å². The Morgan fingerprint density at radius 1 is 0.893 bits per heavy atom. The van der Waals surface area contributed by atoms with Gasteiger partial charge in [-0.05, 0) is 22.9 Å². The minimum absolute atomic E-state index is 0.0767. The summed E-state index contributed by atoms with van der Waals surface area (Å²) in [5.41, 5.74) is 1.35. The average molecular weight is 377 g/mol. The number of non-ortho nitro benzene ring substituents is 2. The van der Waals surface area contributed by atoms with Crippen LogP contribution in [0.3, 0.4) is 0 Å². The highest BCUT2D eigenvalue weighted by Gasteiger charge is 2.23. The van der Waals surface area contributed by atoms with Gasteiger partial charge in [0.25, 0.3) is 16.9 Å². The number of methoxy groups -OCH3 is 1. The molecule has 0 fully saturated rings. The Labute approximate surface area is 157 Å². The molecule has 1 heterocycles. The van der Waals surface area contributed by atoms with Gasteiger partial charge in [-0.2, -0.15) is 0 Å². The summed E-state index contributed by atoms with van der Waals surface area (Å²) in [6.07, 6.45) is 0. The zero-order chi connectivity index (χ0) is 19.8. The largest absolute Gasteiger partial charge is 0.497 e. The molecule has 0 saturated heterocycles. The second-order valence-corrected chi connectivity index (χ2v) is 6.03. The van der Waals surface area contributed by atoms with Gasteiger partial charge in [0.05, 0.1) is 34.5 Å². The molecule has 4 rings (SSSR count). The fourth-order valence-electron chi connectivity index (χ4n) is 3.08. The molecule has 9 heteroatoms. The van der Waals surface area contributed by atoms with Gasteiger partial charge in [-0.15, -0.1) is 0 Å². The van der Waals surface area contributed by atoms with Gasteiger partial charge in [0.15, 0.2) is 0 Å². The lowest BCUT2D eigenvalue weighted by atomic mass is 10.1. The van der Waals surface area contributed by atoms with Crippen molar-refractivity contribution < 1.29 is 19.3 Å². The van der Waals surface area contributed by atoms with Crippen molar-refractivity contribution in [2.75, 3.05) is 7.11 Å². The van der Waals surface area contributed by atoms with Crippen molar-refractivity contribution in [1.82, 2.24) is 5.10 Å². The van der Waals surface area contributed by atoms with Crippen LogP contribution in [0.4, 0.5) is 11.4 Å². The van der Waals surface area contributed by atoms with Crippen LogP contribution in [0.2, 0.25) is 0 Å². The molecule has 0 atom stereocenters. The minimum atomic E-state index is -0.489. The number of nitrogens with zero attached hydrogens (tertiary/aromatic N) is 4. The zero-order valence-electron chi connectivity index (χ0n) is 14.6. The van der Waals surface area contributed by atoms with E-state index in [2.05, 4.69) is 5.10 Å². The maximum Gasteiger partial charge on any atom is 0.276 e. The van der Waals surface area contributed by atoms with Gasteiger partial charge >= 0.3 is 0 Å². The zero-order valence-corrected chi connectivity index (χ0v) is 14.6. The number of hydrogen-bond acceptors (Lipinski definition) is 6. The topological polar surface area (TPSA) is 112 Å². The molecule has 0 amide bonds. The third-order valence-electron chi connectivity index (χ3n) is 4.41. The molecule has 0 bridgehead atoms.